The standard InChI is InChI=1S/C12H19NO3/c1-13(11(9-15)6-7-14)10-4-3-5-12(8-10)16-2/h3-5,8,11,14-15H,6-7,9H2,1-2H3. The normalized spacial score (nSPS) is 12.2. The second-order valence-electron chi connectivity index (χ2n) is 3.66. The summed E-state index contributed by atoms with van der Waals surface area (Å²) in [7, 11) is 3.52. The molecule has 1 aromatic rings. The summed E-state index contributed by atoms with van der Waals surface area (Å²) in [5, 5.41) is 18.1. The highest BCUT2D eigenvalue weighted by atomic mass is 16.5. The Balaban J connectivity index is 2.80. The van der Waals surface area contributed by atoms with Crippen molar-refractivity contribution in [3.63, 3.8) is 0 Å². The number of ether oxygens (including phenoxy) is 1. The van der Waals surface area contributed by atoms with Gasteiger partial charge in [0.25, 0.3) is 0 Å². The molecule has 0 amide bonds. The Morgan fingerprint density at radius 2 is 2.12 bits per heavy atom. The summed E-state index contributed by atoms with van der Waals surface area (Å²) in [4.78, 5) is 1.94. The van der Waals surface area contributed by atoms with Crippen molar-refractivity contribution in [3.8, 4) is 5.75 Å². The van der Waals surface area contributed by atoms with Crippen LogP contribution in [0.5, 0.6) is 5.75 Å². The van der Waals surface area contributed by atoms with Crippen molar-refractivity contribution < 1.29 is 14.9 Å². The summed E-state index contributed by atoms with van der Waals surface area (Å²) in [6, 6.07) is 7.55. The number of methoxy groups -OCH3 is 1. The Bertz CT molecular complexity index is 317. The Hall–Kier alpha value is -1.26. The fourth-order valence-corrected chi connectivity index (χ4v) is 1.60. The van der Waals surface area contributed by atoms with Gasteiger partial charge in [0.15, 0.2) is 0 Å². The molecule has 0 aliphatic heterocycles. The number of rotatable bonds is 6. The molecule has 0 aliphatic rings. The van der Waals surface area contributed by atoms with E-state index in [1.165, 1.54) is 0 Å². The van der Waals surface area contributed by atoms with E-state index in [-0.39, 0.29) is 19.3 Å². The van der Waals surface area contributed by atoms with E-state index in [9.17, 15) is 5.11 Å². The van der Waals surface area contributed by atoms with E-state index in [0.29, 0.717) is 6.42 Å². The predicted octanol–water partition coefficient (Wildman–Crippen LogP) is 0.875. The van der Waals surface area contributed by atoms with E-state index in [4.69, 9.17) is 9.84 Å². The van der Waals surface area contributed by atoms with Crippen LogP contribution in [0.4, 0.5) is 5.69 Å². The van der Waals surface area contributed by atoms with Crippen LogP contribution in [0.1, 0.15) is 6.42 Å². The number of benzene rings is 1. The van der Waals surface area contributed by atoms with Crippen LogP contribution in [0.3, 0.4) is 0 Å². The molecule has 2 N–H and O–H groups in total. The van der Waals surface area contributed by atoms with Gasteiger partial charge in [0.05, 0.1) is 19.8 Å². The quantitative estimate of drug-likeness (QED) is 0.754. The third-order valence-electron chi connectivity index (χ3n) is 2.68. The second kappa shape index (κ2) is 6.35. The molecule has 16 heavy (non-hydrogen) atoms. The van der Waals surface area contributed by atoms with Crippen LogP contribution in [0, 0.1) is 0 Å². The van der Waals surface area contributed by atoms with Crippen molar-refractivity contribution >= 4 is 5.69 Å². The lowest BCUT2D eigenvalue weighted by Crippen LogP contribution is -2.35. The van der Waals surface area contributed by atoms with Crippen molar-refractivity contribution in [2.24, 2.45) is 0 Å². The van der Waals surface area contributed by atoms with Crippen molar-refractivity contribution in [2.45, 2.75) is 12.5 Å². The largest absolute Gasteiger partial charge is 0.497 e. The lowest BCUT2D eigenvalue weighted by molar-refractivity contribution is 0.218. The molecule has 4 heteroatoms. The lowest BCUT2D eigenvalue weighted by Gasteiger charge is -2.28. The summed E-state index contributed by atoms with van der Waals surface area (Å²) < 4.78 is 5.14. The average Bonchev–Trinajstić information content (AvgIpc) is 2.35. The van der Waals surface area contributed by atoms with Crippen LogP contribution in [0.2, 0.25) is 0 Å². The zero-order chi connectivity index (χ0) is 12.0. The first-order valence-electron chi connectivity index (χ1n) is 5.31. The van der Waals surface area contributed by atoms with Crippen LogP contribution in [-0.4, -0.2) is 43.6 Å². The average molecular weight is 225 g/mol. The van der Waals surface area contributed by atoms with Gasteiger partial charge < -0.3 is 19.8 Å². The summed E-state index contributed by atoms with van der Waals surface area (Å²) in [5.74, 6) is 0.782. The third-order valence-corrected chi connectivity index (χ3v) is 2.68. The molecule has 0 bridgehead atoms. The van der Waals surface area contributed by atoms with Gasteiger partial charge in [-0.25, -0.2) is 0 Å². The highest BCUT2D eigenvalue weighted by molar-refractivity contribution is 5.50. The van der Waals surface area contributed by atoms with Gasteiger partial charge in [0.2, 0.25) is 0 Å². The topological polar surface area (TPSA) is 52.9 Å². The maximum absolute atomic E-state index is 9.23. The van der Waals surface area contributed by atoms with Gasteiger partial charge in [-0.15, -0.1) is 0 Å². The minimum Gasteiger partial charge on any atom is -0.497 e. The van der Waals surface area contributed by atoms with E-state index in [2.05, 4.69) is 0 Å². The number of aliphatic hydroxyl groups is 2. The molecule has 0 heterocycles. The molecule has 0 saturated carbocycles. The molecular weight excluding hydrogens is 206 g/mol. The molecule has 1 rings (SSSR count). The van der Waals surface area contributed by atoms with Gasteiger partial charge in [0, 0.05) is 25.4 Å². The van der Waals surface area contributed by atoms with Crippen LogP contribution in [-0.2, 0) is 0 Å². The van der Waals surface area contributed by atoms with Gasteiger partial charge in [-0.3, -0.25) is 0 Å². The summed E-state index contributed by atoms with van der Waals surface area (Å²) in [6.45, 7) is 0.0911. The number of hydrogen-bond acceptors (Lipinski definition) is 4. The second-order valence-corrected chi connectivity index (χ2v) is 3.66. The third kappa shape index (κ3) is 3.12. The maximum atomic E-state index is 9.23. The first kappa shape index (κ1) is 12.8. The van der Waals surface area contributed by atoms with Gasteiger partial charge in [-0.05, 0) is 18.6 Å². The Kier molecular flexibility index (Phi) is 5.08. The molecular formula is C12H19NO3. The fraction of sp³-hybridized carbons (Fsp3) is 0.500. The number of anilines is 1. The highest BCUT2D eigenvalue weighted by Gasteiger charge is 2.13. The Labute approximate surface area is 96.1 Å². The molecule has 90 valence electrons. The fourth-order valence-electron chi connectivity index (χ4n) is 1.60. The van der Waals surface area contributed by atoms with E-state index >= 15 is 0 Å². The van der Waals surface area contributed by atoms with Crippen LogP contribution < -0.4 is 9.64 Å². The van der Waals surface area contributed by atoms with Crippen LogP contribution in [0.15, 0.2) is 24.3 Å². The Morgan fingerprint density at radius 1 is 1.38 bits per heavy atom. The van der Waals surface area contributed by atoms with Gasteiger partial charge in [-0.1, -0.05) is 6.07 Å². The first-order valence-corrected chi connectivity index (χ1v) is 5.31. The maximum Gasteiger partial charge on any atom is 0.120 e. The number of nitrogens with zero attached hydrogens (tertiary/aromatic N) is 1. The monoisotopic (exact) mass is 225 g/mol. The molecule has 1 unspecified atom stereocenters. The molecule has 0 saturated heterocycles. The summed E-state index contributed by atoms with van der Waals surface area (Å²) in [5.41, 5.74) is 0.965. The molecule has 0 fully saturated rings. The highest BCUT2D eigenvalue weighted by Crippen LogP contribution is 2.22. The Morgan fingerprint density at radius 3 is 2.69 bits per heavy atom. The zero-order valence-corrected chi connectivity index (χ0v) is 9.76. The molecule has 1 atom stereocenters. The van der Waals surface area contributed by atoms with E-state index in [1.807, 2.05) is 36.2 Å². The summed E-state index contributed by atoms with van der Waals surface area (Å²) in [6.07, 6.45) is 0.546. The van der Waals surface area contributed by atoms with E-state index in [1.54, 1.807) is 7.11 Å². The molecule has 0 spiro atoms. The van der Waals surface area contributed by atoms with Crippen molar-refractivity contribution in [1.82, 2.24) is 0 Å². The SMILES string of the molecule is COc1cccc(N(C)C(CO)CCO)c1. The molecule has 0 aliphatic carbocycles. The van der Waals surface area contributed by atoms with Gasteiger partial charge in [0.1, 0.15) is 5.75 Å². The number of likely N-dealkylation sites (N-methyl/N-ethyl adjacent to an activating group) is 1. The van der Waals surface area contributed by atoms with Crippen molar-refractivity contribution in [3.05, 3.63) is 24.3 Å². The molecule has 0 aromatic heterocycles. The zero-order valence-electron chi connectivity index (χ0n) is 9.76. The van der Waals surface area contributed by atoms with Crippen molar-refractivity contribution in [2.75, 3.05) is 32.3 Å². The van der Waals surface area contributed by atoms with Crippen molar-refractivity contribution in [1.29, 1.82) is 0 Å². The minimum atomic E-state index is -0.0721. The molecule has 0 radical (unpaired) electrons. The molecule has 1 aromatic carbocycles. The van der Waals surface area contributed by atoms with E-state index < -0.39 is 0 Å². The number of aliphatic hydroxyl groups excluding tert-OH is 2. The first-order chi connectivity index (χ1) is 7.72. The lowest BCUT2D eigenvalue weighted by atomic mass is 10.1. The molecule has 4 nitrogen and oxygen atoms in total. The minimum absolute atomic E-state index is 0.0221. The predicted molar refractivity (Wildman–Crippen MR) is 64.0 cm³/mol. The summed E-state index contributed by atoms with van der Waals surface area (Å²) >= 11 is 0. The van der Waals surface area contributed by atoms with E-state index in [0.717, 1.165) is 11.4 Å². The smallest absolute Gasteiger partial charge is 0.120 e. The van der Waals surface area contributed by atoms with Crippen LogP contribution >= 0.6 is 0 Å². The van der Waals surface area contributed by atoms with Crippen LogP contribution in [0.25, 0.3) is 0 Å². The number of hydrogen-bond donors (Lipinski definition) is 2. The van der Waals surface area contributed by atoms with Gasteiger partial charge in [-0.2, -0.15) is 0 Å². The van der Waals surface area contributed by atoms with Gasteiger partial charge >= 0.3 is 0 Å².